The number of furan rings is 1. The number of fused-ring (bicyclic) bond motifs is 2. The highest BCUT2D eigenvalue weighted by Crippen LogP contribution is 2.30. The number of hydrogen-bond acceptors (Lipinski definition) is 5. The molecule has 7 heteroatoms. The number of ether oxygens (including phenoxy) is 1. The molecule has 0 N–H and O–H groups in total. The summed E-state index contributed by atoms with van der Waals surface area (Å²) in [6.45, 7) is 1.92. The molecule has 0 spiro atoms. The molecule has 1 fully saturated rings. The van der Waals surface area contributed by atoms with Crippen LogP contribution in [0.1, 0.15) is 41.1 Å². The Hall–Kier alpha value is -3.09. The Kier molecular flexibility index (Phi) is 4.81. The second-order valence-corrected chi connectivity index (χ2v) is 8.22. The van der Waals surface area contributed by atoms with Gasteiger partial charge in [-0.3, -0.25) is 9.59 Å². The first-order valence-electron chi connectivity index (χ1n) is 10.6. The van der Waals surface area contributed by atoms with Crippen molar-refractivity contribution >= 4 is 16.9 Å². The first-order valence-corrected chi connectivity index (χ1v) is 10.6. The summed E-state index contributed by atoms with van der Waals surface area (Å²) in [5, 5.41) is 5.44. The minimum atomic E-state index is -0.0977. The number of benzene rings is 1. The van der Waals surface area contributed by atoms with Crippen LogP contribution in [0.5, 0.6) is 5.75 Å². The molecule has 7 nitrogen and oxygen atoms in total. The van der Waals surface area contributed by atoms with Gasteiger partial charge in [-0.2, -0.15) is 5.10 Å². The van der Waals surface area contributed by atoms with E-state index in [2.05, 4.69) is 5.10 Å². The van der Waals surface area contributed by atoms with E-state index in [-0.39, 0.29) is 11.5 Å². The lowest BCUT2D eigenvalue weighted by atomic mass is 9.96. The number of nitrogens with zero attached hydrogens (tertiary/aromatic N) is 3. The summed E-state index contributed by atoms with van der Waals surface area (Å²) < 4.78 is 12.8. The molecule has 1 aromatic carbocycles. The van der Waals surface area contributed by atoms with E-state index in [0.29, 0.717) is 42.6 Å². The maximum Gasteiger partial charge on any atom is 0.289 e. The largest absolute Gasteiger partial charge is 0.493 e. The molecule has 1 aliphatic heterocycles. The molecule has 3 aromatic rings. The van der Waals surface area contributed by atoms with Crippen LogP contribution in [0.2, 0.25) is 0 Å². The fourth-order valence-corrected chi connectivity index (χ4v) is 4.59. The predicted octanol–water partition coefficient (Wildman–Crippen LogP) is 3.04. The Morgan fingerprint density at radius 3 is 2.87 bits per heavy atom. The van der Waals surface area contributed by atoms with Crippen LogP contribution >= 0.6 is 0 Å². The van der Waals surface area contributed by atoms with Gasteiger partial charge >= 0.3 is 0 Å². The zero-order chi connectivity index (χ0) is 20.7. The summed E-state index contributed by atoms with van der Waals surface area (Å²) in [4.78, 5) is 27.1. The number of rotatable bonds is 4. The SMILES string of the molecule is COc1cccc2cc(C(=O)N3CCC(Cn4nc5c(cc4=O)CCC5)CC3)oc12. The van der Waals surface area contributed by atoms with Gasteiger partial charge in [0.1, 0.15) is 0 Å². The molecule has 1 aliphatic carbocycles. The van der Waals surface area contributed by atoms with Crippen molar-refractivity contribution < 1.29 is 13.9 Å². The number of aryl methyl sites for hydroxylation is 2. The van der Waals surface area contributed by atoms with Gasteiger partial charge in [0.15, 0.2) is 17.1 Å². The molecule has 156 valence electrons. The third-order valence-corrected chi connectivity index (χ3v) is 6.30. The van der Waals surface area contributed by atoms with Gasteiger partial charge in [0.2, 0.25) is 0 Å². The number of methoxy groups -OCH3 is 1. The van der Waals surface area contributed by atoms with E-state index >= 15 is 0 Å². The molecule has 0 atom stereocenters. The molecule has 1 amide bonds. The average molecular weight is 407 g/mol. The molecule has 0 saturated carbocycles. The van der Waals surface area contributed by atoms with Crippen molar-refractivity contribution in [3.8, 4) is 5.75 Å². The lowest BCUT2D eigenvalue weighted by Crippen LogP contribution is -2.40. The summed E-state index contributed by atoms with van der Waals surface area (Å²) in [5.74, 6) is 1.20. The molecule has 0 radical (unpaired) electrons. The molecule has 30 heavy (non-hydrogen) atoms. The van der Waals surface area contributed by atoms with Crippen LogP contribution in [-0.2, 0) is 19.4 Å². The molecule has 5 rings (SSSR count). The second-order valence-electron chi connectivity index (χ2n) is 8.22. The average Bonchev–Trinajstić information content (AvgIpc) is 3.40. The van der Waals surface area contributed by atoms with E-state index in [9.17, 15) is 9.59 Å². The molecule has 3 heterocycles. The Morgan fingerprint density at radius 1 is 1.23 bits per heavy atom. The molecular weight excluding hydrogens is 382 g/mol. The second kappa shape index (κ2) is 7.63. The lowest BCUT2D eigenvalue weighted by molar-refractivity contribution is 0.0650. The van der Waals surface area contributed by atoms with Crippen molar-refractivity contribution in [1.29, 1.82) is 0 Å². The summed E-state index contributed by atoms with van der Waals surface area (Å²) >= 11 is 0. The van der Waals surface area contributed by atoms with Crippen LogP contribution in [0, 0.1) is 5.92 Å². The number of hydrogen-bond donors (Lipinski definition) is 0. The molecular formula is C23H25N3O4. The van der Waals surface area contributed by atoms with Crippen LogP contribution in [0.15, 0.2) is 39.5 Å². The van der Waals surface area contributed by atoms with Gasteiger partial charge in [-0.15, -0.1) is 0 Å². The monoisotopic (exact) mass is 407 g/mol. The first kappa shape index (κ1) is 18.9. The Morgan fingerprint density at radius 2 is 2.07 bits per heavy atom. The maximum atomic E-state index is 12.9. The van der Waals surface area contributed by atoms with Crippen molar-refractivity contribution in [3.05, 3.63) is 57.7 Å². The van der Waals surface area contributed by atoms with Crippen molar-refractivity contribution in [2.75, 3.05) is 20.2 Å². The highest BCUT2D eigenvalue weighted by Gasteiger charge is 2.27. The van der Waals surface area contributed by atoms with Crippen LogP contribution < -0.4 is 10.3 Å². The number of carbonyl (C=O) groups is 1. The van der Waals surface area contributed by atoms with Crippen molar-refractivity contribution in [2.24, 2.45) is 5.92 Å². The highest BCUT2D eigenvalue weighted by atomic mass is 16.5. The fourth-order valence-electron chi connectivity index (χ4n) is 4.59. The van der Waals surface area contributed by atoms with E-state index in [1.165, 1.54) is 0 Å². The van der Waals surface area contributed by atoms with Crippen LogP contribution in [-0.4, -0.2) is 40.8 Å². The molecule has 0 bridgehead atoms. The van der Waals surface area contributed by atoms with E-state index in [0.717, 1.165) is 48.7 Å². The Balaban J connectivity index is 1.25. The third kappa shape index (κ3) is 3.38. The van der Waals surface area contributed by atoms with Gasteiger partial charge in [-0.25, -0.2) is 4.68 Å². The Bertz CT molecular complexity index is 1150. The minimum Gasteiger partial charge on any atom is -0.493 e. The smallest absolute Gasteiger partial charge is 0.289 e. The van der Waals surface area contributed by atoms with Gasteiger partial charge in [0.05, 0.1) is 12.8 Å². The first-order chi connectivity index (χ1) is 14.6. The summed E-state index contributed by atoms with van der Waals surface area (Å²) in [5.41, 5.74) is 2.77. The van der Waals surface area contributed by atoms with Crippen LogP contribution in [0.25, 0.3) is 11.0 Å². The number of para-hydroxylation sites is 1. The summed E-state index contributed by atoms with van der Waals surface area (Å²) in [6.07, 6.45) is 4.71. The zero-order valence-electron chi connectivity index (χ0n) is 17.1. The van der Waals surface area contributed by atoms with Crippen LogP contribution in [0.3, 0.4) is 0 Å². The van der Waals surface area contributed by atoms with Gasteiger partial charge in [0.25, 0.3) is 11.5 Å². The van der Waals surface area contributed by atoms with Gasteiger partial charge in [0, 0.05) is 31.1 Å². The number of amides is 1. The molecule has 2 aliphatic rings. The molecule has 0 unspecified atom stereocenters. The Labute approximate surface area is 174 Å². The van der Waals surface area contributed by atoms with Gasteiger partial charge < -0.3 is 14.1 Å². The van der Waals surface area contributed by atoms with Crippen molar-refractivity contribution in [2.45, 2.75) is 38.6 Å². The minimum absolute atomic E-state index is 0.00891. The number of likely N-dealkylation sites (tertiary alicyclic amines) is 1. The summed E-state index contributed by atoms with van der Waals surface area (Å²) in [7, 11) is 1.59. The van der Waals surface area contributed by atoms with E-state index in [4.69, 9.17) is 9.15 Å². The maximum absolute atomic E-state index is 12.9. The molecule has 1 saturated heterocycles. The zero-order valence-corrected chi connectivity index (χ0v) is 17.1. The van der Waals surface area contributed by atoms with Gasteiger partial charge in [-0.05, 0) is 55.7 Å². The third-order valence-electron chi connectivity index (χ3n) is 6.30. The van der Waals surface area contributed by atoms with Gasteiger partial charge in [-0.1, -0.05) is 12.1 Å². The quantitative estimate of drug-likeness (QED) is 0.664. The van der Waals surface area contributed by atoms with Crippen molar-refractivity contribution in [1.82, 2.24) is 14.7 Å². The van der Waals surface area contributed by atoms with Crippen LogP contribution in [0.4, 0.5) is 0 Å². The predicted molar refractivity (Wildman–Crippen MR) is 112 cm³/mol. The normalized spacial score (nSPS) is 16.8. The number of carbonyl (C=O) groups excluding carboxylic acids is 1. The fraction of sp³-hybridized carbons (Fsp3) is 0.435. The molecule has 2 aromatic heterocycles. The van der Waals surface area contributed by atoms with E-state index in [1.807, 2.05) is 23.1 Å². The highest BCUT2D eigenvalue weighted by molar-refractivity contribution is 5.97. The number of piperidine rings is 1. The summed E-state index contributed by atoms with van der Waals surface area (Å²) in [6, 6.07) is 9.14. The van der Waals surface area contributed by atoms with E-state index in [1.54, 1.807) is 23.9 Å². The topological polar surface area (TPSA) is 77.6 Å². The lowest BCUT2D eigenvalue weighted by Gasteiger charge is -2.31. The van der Waals surface area contributed by atoms with E-state index < -0.39 is 0 Å². The standard InChI is InChI=1S/C23H25N3O4/c1-29-19-7-3-5-17-12-20(30-22(17)19)23(28)25-10-8-15(9-11-25)14-26-21(27)13-16-4-2-6-18(16)24-26/h3,5,7,12-13,15H,2,4,6,8-11,14H2,1H3. The number of aromatic nitrogens is 2. The van der Waals surface area contributed by atoms with Crippen molar-refractivity contribution in [3.63, 3.8) is 0 Å².